The molecule has 19 nitrogen and oxygen atoms in total. The van der Waals surface area contributed by atoms with Crippen molar-refractivity contribution in [1.29, 1.82) is 10.5 Å². The Bertz CT molecular complexity index is 2790. The van der Waals surface area contributed by atoms with Gasteiger partial charge in [-0.2, -0.15) is 15.5 Å². The predicted octanol–water partition coefficient (Wildman–Crippen LogP) is 4.98. The summed E-state index contributed by atoms with van der Waals surface area (Å²) in [5.41, 5.74) is 7.49. The maximum Gasteiger partial charge on any atom is 0.270 e. The van der Waals surface area contributed by atoms with Gasteiger partial charge >= 0.3 is 0 Å². The SMILES string of the molecule is CN(C)CCOc1ccc(N)cn1.CN(C)CCOc1ccc(Nc2ncc3cc(C#N)c(=O)n(C4CCCC4)c3n2)cn1.CS(=O)c1ncc2cc(C#N)c(=O)n(C3CCCC3)c2n1. The summed E-state index contributed by atoms with van der Waals surface area (Å²) in [6.07, 6.45) is 15.8. The molecular formula is C45H54N14O5S. The average Bonchev–Trinajstić information content (AvgIpc) is 4.03. The van der Waals surface area contributed by atoms with E-state index in [0.29, 0.717) is 64.4 Å². The number of fused-ring (bicyclic) bond motifs is 2. The highest BCUT2D eigenvalue weighted by atomic mass is 32.2. The molecular weight excluding hydrogens is 849 g/mol. The highest BCUT2D eigenvalue weighted by Crippen LogP contribution is 2.32. The number of likely N-dealkylation sites (N-methyl/N-ethyl adjacent to an activating group) is 2. The van der Waals surface area contributed by atoms with Gasteiger partial charge in [-0.15, -0.1) is 0 Å². The highest BCUT2D eigenvalue weighted by molar-refractivity contribution is 7.84. The third-order valence-electron chi connectivity index (χ3n) is 10.7. The summed E-state index contributed by atoms with van der Waals surface area (Å²) in [6, 6.07) is 14.3. The highest BCUT2D eigenvalue weighted by Gasteiger charge is 2.24. The molecule has 2 saturated carbocycles. The number of rotatable bonds is 13. The molecule has 0 aromatic carbocycles. The van der Waals surface area contributed by atoms with Gasteiger partial charge in [0.15, 0.2) is 0 Å². The molecule has 65 heavy (non-hydrogen) atoms. The first-order valence-corrected chi connectivity index (χ1v) is 22.9. The van der Waals surface area contributed by atoms with Gasteiger partial charge in [-0.25, -0.2) is 24.9 Å². The van der Waals surface area contributed by atoms with Crippen molar-refractivity contribution in [2.45, 2.75) is 68.6 Å². The number of aromatic nitrogens is 8. The third-order valence-corrected chi connectivity index (χ3v) is 11.4. The Morgan fingerprint density at radius 1 is 0.723 bits per heavy atom. The fourth-order valence-corrected chi connectivity index (χ4v) is 7.81. The third kappa shape index (κ3) is 12.7. The van der Waals surface area contributed by atoms with Crippen LogP contribution < -0.4 is 31.6 Å². The Kier molecular flexibility index (Phi) is 16.6. The van der Waals surface area contributed by atoms with Gasteiger partial charge in [0.2, 0.25) is 22.9 Å². The minimum absolute atomic E-state index is 0.0568. The zero-order valence-corrected chi connectivity index (χ0v) is 38.1. The van der Waals surface area contributed by atoms with E-state index in [0.717, 1.165) is 64.5 Å². The van der Waals surface area contributed by atoms with Gasteiger partial charge in [-0.1, -0.05) is 25.7 Å². The number of hydrogen-bond donors (Lipinski definition) is 2. The first kappa shape index (κ1) is 47.6. The molecule has 6 aromatic heterocycles. The van der Waals surface area contributed by atoms with Crippen LogP contribution in [0.3, 0.4) is 0 Å². The van der Waals surface area contributed by atoms with Crippen molar-refractivity contribution in [3.63, 3.8) is 0 Å². The van der Waals surface area contributed by atoms with Gasteiger partial charge in [0.25, 0.3) is 11.1 Å². The number of pyridine rings is 4. The first-order chi connectivity index (χ1) is 31.3. The van der Waals surface area contributed by atoms with Crippen LogP contribution in [0.15, 0.2) is 75.9 Å². The first-order valence-electron chi connectivity index (χ1n) is 21.3. The maximum atomic E-state index is 12.9. The molecule has 0 spiro atoms. The van der Waals surface area contributed by atoms with Gasteiger partial charge in [0.1, 0.15) is 47.8 Å². The van der Waals surface area contributed by atoms with E-state index in [-0.39, 0.29) is 39.5 Å². The minimum atomic E-state index is -1.31. The fourth-order valence-electron chi connectivity index (χ4n) is 7.40. The Labute approximate surface area is 379 Å². The van der Waals surface area contributed by atoms with Crippen molar-refractivity contribution in [1.82, 2.24) is 48.8 Å². The molecule has 1 atom stereocenters. The Balaban J connectivity index is 0.000000177. The lowest BCUT2D eigenvalue weighted by Crippen LogP contribution is -2.27. The zero-order valence-electron chi connectivity index (χ0n) is 37.3. The van der Waals surface area contributed by atoms with Crippen LogP contribution in [0.25, 0.3) is 22.1 Å². The summed E-state index contributed by atoms with van der Waals surface area (Å²) in [5.74, 6) is 1.54. The molecule has 6 heterocycles. The molecule has 8 rings (SSSR count). The van der Waals surface area contributed by atoms with Crippen molar-refractivity contribution in [3.05, 3.63) is 93.0 Å². The van der Waals surface area contributed by atoms with Gasteiger partial charge in [-0.05, 0) is 78.1 Å². The number of nitrogens with two attached hydrogens (primary N) is 1. The summed E-state index contributed by atoms with van der Waals surface area (Å²) in [7, 11) is 6.66. The predicted molar refractivity (Wildman–Crippen MR) is 249 cm³/mol. The van der Waals surface area contributed by atoms with Crippen molar-refractivity contribution < 1.29 is 13.7 Å². The largest absolute Gasteiger partial charge is 0.476 e. The van der Waals surface area contributed by atoms with Crippen molar-refractivity contribution in [3.8, 4) is 23.9 Å². The van der Waals surface area contributed by atoms with E-state index in [1.54, 1.807) is 52.0 Å². The Morgan fingerprint density at radius 2 is 1.22 bits per heavy atom. The molecule has 2 aliphatic rings. The van der Waals surface area contributed by atoms with E-state index in [9.17, 15) is 19.1 Å². The van der Waals surface area contributed by atoms with E-state index in [4.69, 9.17) is 20.5 Å². The number of nitriles is 2. The van der Waals surface area contributed by atoms with Crippen LogP contribution in [-0.4, -0.2) is 114 Å². The Hall–Kier alpha value is -6.87. The number of anilines is 3. The molecule has 340 valence electrons. The molecule has 0 amide bonds. The molecule has 20 heteroatoms. The van der Waals surface area contributed by atoms with Crippen LogP contribution in [0.5, 0.6) is 11.8 Å². The Morgan fingerprint density at radius 3 is 1.66 bits per heavy atom. The van der Waals surface area contributed by atoms with Crippen molar-refractivity contribution >= 4 is 50.2 Å². The molecule has 3 N–H and O–H groups in total. The van der Waals surface area contributed by atoms with E-state index < -0.39 is 10.8 Å². The molecule has 0 saturated heterocycles. The molecule has 0 bridgehead atoms. The van der Waals surface area contributed by atoms with Crippen LogP contribution in [0.2, 0.25) is 0 Å². The smallest absolute Gasteiger partial charge is 0.270 e. The zero-order chi connectivity index (χ0) is 46.5. The molecule has 2 fully saturated rings. The standard InChI is InChI=1S/C22H25N7O2.C14H14N4O2S.C9H15N3O/c1-28(2)9-10-31-19-8-7-17(14-24-19)26-22-25-13-16-11-15(12-23)21(30)29(20(16)27-22)18-5-3-4-6-18;1-21(20)14-16-8-10-6-9(7-15)13(19)18(12(10)17-14)11-4-2-3-5-11;1-12(2)5-6-13-9-4-3-8(10)7-11-9/h7-8,11,13-14,18H,3-6,9-10H2,1-2H3,(H,25,26,27);6,8,11H,2-5H2,1H3;3-4,7H,5-6,10H2,1-2H3. The number of nitrogen functional groups attached to an aromatic ring is 1. The summed E-state index contributed by atoms with van der Waals surface area (Å²) >= 11 is 0. The number of nitrogens with zero attached hydrogens (tertiary/aromatic N) is 12. The second-order valence-corrected chi connectivity index (χ2v) is 17.4. The van der Waals surface area contributed by atoms with Crippen LogP contribution in [0.1, 0.15) is 74.6 Å². The maximum absolute atomic E-state index is 12.9. The van der Waals surface area contributed by atoms with Gasteiger partial charge in [0, 0.05) is 66.7 Å². The van der Waals surface area contributed by atoms with E-state index in [1.807, 2.05) is 51.3 Å². The summed E-state index contributed by atoms with van der Waals surface area (Å²) < 4.78 is 25.8. The van der Waals surface area contributed by atoms with Crippen molar-refractivity contribution in [2.75, 3.05) is 71.8 Å². The fraction of sp³-hybridized carbons (Fsp3) is 0.422. The van der Waals surface area contributed by atoms with Crippen molar-refractivity contribution in [2.24, 2.45) is 0 Å². The molecule has 1 unspecified atom stereocenters. The quantitative estimate of drug-likeness (QED) is 0.145. The molecule has 6 aromatic rings. The summed E-state index contributed by atoms with van der Waals surface area (Å²) in [5, 5.41) is 23.1. The number of ether oxygens (including phenoxy) is 2. The lowest BCUT2D eigenvalue weighted by Gasteiger charge is -2.17. The minimum Gasteiger partial charge on any atom is -0.476 e. The lowest BCUT2D eigenvalue weighted by atomic mass is 10.2. The molecule has 0 radical (unpaired) electrons. The van der Waals surface area contributed by atoms with Crippen LogP contribution >= 0.6 is 0 Å². The number of hydrogen-bond acceptors (Lipinski definition) is 17. The average molecular weight is 903 g/mol. The molecule has 2 aliphatic carbocycles. The summed E-state index contributed by atoms with van der Waals surface area (Å²) in [6.45, 7) is 2.89. The van der Waals surface area contributed by atoms with Gasteiger partial charge in [0.05, 0.1) is 34.6 Å². The summed E-state index contributed by atoms with van der Waals surface area (Å²) in [4.78, 5) is 55.1. The second kappa shape index (κ2) is 22.7. The molecule has 0 aliphatic heterocycles. The van der Waals surface area contributed by atoms with Crippen LogP contribution in [0.4, 0.5) is 17.3 Å². The van der Waals surface area contributed by atoms with E-state index in [2.05, 4.69) is 40.1 Å². The van der Waals surface area contributed by atoms with Crippen LogP contribution in [0, 0.1) is 22.7 Å². The van der Waals surface area contributed by atoms with E-state index >= 15 is 0 Å². The number of nitrogens with one attached hydrogen (secondary N) is 1. The van der Waals surface area contributed by atoms with E-state index in [1.165, 1.54) is 18.5 Å². The van der Waals surface area contributed by atoms with Gasteiger partial charge in [-0.3, -0.25) is 22.9 Å². The lowest BCUT2D eigenvalue weighted by molar-refractivity contribution is 0.254. The van der Waals surface area contributed by atoms with Gasteiger partial charge < -0.3 is 30.3 Å². The van der Waals surface area contributed by atoms with Crippen LogP contribution in [-0.2, 0) is 10.8 Å². The monoisotopic (exact) mass is 902 g/mol. The second-order valence-electron chi connectivity index (χ2n) is 16.2. The normalized spacial score (nSPS) is 14.3. The topological polar surface area (TPSA) is 249 Å².